The summed E-state index contributed by atoms with van der Waals surface area (Å²) in [6.07, 6.45) is 2.65. The van der Waals surface area contributed by atoms with E-state index in [0.717, 1.165) is 28.4 Å². The zero-order valence-electron chi connectivity index (χ0n) is 24.6. The summed E-state index contributed by atoms with van der Waals surface area (Å²) in [6.45, 7) is 8.90. The molecule has 3 aromatic rings. The average Bonchev–Trinajstić information content (AvgIpc) is 3.42. The highest BCUT2D eigenvalue weighted by Gasteiger charge is 2.25. The molecule has 226 valence electrons. The number of ether oxygens (including phenoxy) is 5. The molecule has 0 fully saturated rings. The maximum atomic E-state index is 13.1. The van der Waals surface area contributed by atoms with Crippen LogP contribution in [0.5, 0.6) is 23.0 Å². The third kappa shape index (κ3) is 7.27. The number of benzene rings is 2. The number of amides is 1. The van der Waals surface area contributed by atoms with Crippen molar-refractivity contribution in [3.63, 3.8) is 0 Å². The Hall–Kier alpha value is -3.51. The number of hydrogen-bond donors (Lipinski definition) is 1. The van der Waals surface area contributed by atoms with Crippen LogP contribution in [-0.2, 0) is 11.3 Å². The van der Waals surface area contributed by atoms with Gasteiger partial charge in [-0.1, -0.05) is 22.0 Å². The van der Waals surface area contributed by atoms with Crippen LogP contribution in [0.1, 0.15) is 39.2 Å². The minimum atomic E-state index is -0.589. The van der Waals surface area contributed by atoms with Crippen LogP contribution >= 0.6 is 15.9 Å². The van der Waals surface area contributed by atoms with Crippen LogP contribution in [0.3, 0.4) is 0 Å². The molecule has 11 nitrogen and oxygen atoms in total. The van der Waals surface area contributed by atoms with E-state index in [1.807, 2.05) is 52.1 Å². The second-order valence-electron chi connectivity index (χ2n) is 11.3. The molecule has 2 aliphatic rings. The van der Waals surface area contributed by atoms with Gasteiger partial charge in [-0.15, -0.1) is 0 Å². The summed E-state index contributed by atoms with van der Waals surface area (Å²) in [5.41, 5.74) is 1.90. The highest BCUT2D eigenvalue weighted by molar-refractivity contribution is 9.09. The number of hydrogen-bond acceptors (Lipinski definition) is 10. The zero-order valence-corrected chi connectivity index (χ0v) is 26.2. The van der Waals surface area contributed by atoms with Gasteiger partial charge < -0.3 is 38.8 Å². The van der Waals surface area contributed by atoms with Crippen LogP contribution in [0.2, 0.25) is 0 Å². The van der Waals surface area contributed by atoms with Crippen molar-refractivity contribution in [2.24, 2.45) is 0 Å². The van der Waals surface area contributed by atoms with E-state index in [2.05, 4.69) is 36.1 Å². The maximum Gasteiger partial charge on any atom is 0.410 e. The van der Waals surface area contributed by atoms with E-state index in [4.69, 9.17) is 23.7 Å². The number of fused-ring (bicyclic) bond motifs is 4. The van der Waals surface area contributed by atoms with Gasteiger partial charge in [0.2, 0.25) is 6.79 Å². The molecule has 1 amide bonds. The number of aromatic nitrogens is 2. The minimum Gasteiger partial charge on any atom is -0.490 e. The Morgan fingerprint density at radius 1 is 1.10 bits per heavy atom. The van der Waals surface area contributed by atoms with E-state index in [1.165, 1.54) is 6.33 Å². The number of nitrogens with one attached hydrogen (secondary N) is 1. The Bertz CT molecular complexity index is 1420. The summed E-state index contributed by atoms with van der Waals surface area (Å²) >= 11 is 3.46. The molecule has 0 unspecified atom stereocenters. The van der Waals surface area contributed by atoms with Gasteiger partial charge in [0.05, 0.1) is 24.4 Å². The molecular formula is C30H38BrN5O6. The average molecular weight is 645 g/mol. The molecule has 3 heterocycles. The van der Waals surface area contributed by atoms with E-state index in [9.17, 15) is 4.79 Å². The minimum absolute atomic E-state index is 0.145. The van der Waals surface area contributed by atoms with Crippen LogP contribution in [0.15, 0.2) is 30.6 Å². The molecule has 5 rings (SSSR count). The third-order valence-electron chi connectivity index (χ3n) is 6.78. The monoisotopic (exact) mass is 643 g/mol. The number of rotatable bonds is 4. The van der Waals surface area contributed by atoms with E-state index in [1.54, 1.807) is 4.90 Å². The molecule has 2 bridgehead atoms. The molecule has 1 aromatic heterocycles. The first-order valence-electron chi connectivity index (χ1n) is 14.2. The number of carbonyl (C=O) groups is 1. The molecule has 12 heteroatoms. The number of alkyl halides is 1. The van der Waals surface area contributed by atoms with Crippen molar-refractivity contribution in [1.29, 1.82) is 0 Å². The molecule has 0 radical (unpaired) electrons. The van der Waals surface area contributed by atoms with Crippen molar-refractivity contribution in [2.45, 2.75) is 45.8 Å². The Labute approximate surface area is 254 Å². The first-order valence-corrected chi connectivity index (χ1v) is 15.3. The normalized spacial score (nSPS) is 16.1. The summed E-state index contributed by atoms with van der Waals surface area (Å²) in [7, 11) is 2.03. The van der Waals surface area contributed by atoms with Gasteiger partial charge >= 0.3 is 6.09 Å². The first-order chi connectivity index (χ1) is 20.2. The van der Waals surface area contributed by atoms with Gasteiger partial charge in [-0.25, -0.2) is 14.8 Å². The molecule has 2 aromatic carbocycles. The number of nitrogens with zero attached hydrogens (tertiary/aromatic N) is 4. The SMILES string of the molecule is CN1CCN(C(=O)OC(C)(C)C)CCCOc2cc3c(ncnc3cc2OCCCBr)Nc2c(ccc3c2OCO3)C1. The summed E-state index contributed by atoms with van der Waals surface area (Å²) in [5.74, 6) is 3.11. The number of halogens is 1. The van der Waals surface area contributed by atoms with Gasteiger partial charge in [-0.2, -0.15) is 0 Å². The largest absolute Gasteiger partial charge is 0.490 e. The van der Waals surface area contributed by atoms with Gasteiger partial charge in [0.25, 0.3) is 0 Å². The van der Waals surface area contributed by atoms with Gasteiger partial charge in [0.15, 0.2) is 23.0 Å². The second kappa shape index (κ2) is 13.2. The van der Waals surface area contributed by atoms with Gasteiger partial charge in [-0.3, -0.25) is 0 Å². The van der Waals surface area contributed by atoms with Crippen LogP contribution in [0.25, 0.3) is 10.9 Å². The lowest BCUT2D eigenvalue weighted by Crippen LogP contribution is -2.41. The first kappa shape index (κ1) is 30.0. The van der Waals surface area contributed by atoms with Crippen molar-refractivity contribution >= 4 is 44.4 Å². The zero-order chi connectivity index (χ0) is 29.7. The Morgan fingerprint density at radius 2 is 1.95 bits per heavy atom. The molecule has 0 spiro atoms. The van der Waals surface area contributed by atoms with E-state index in [-0.39, 0.29) is 12.9 Å². The van der Waals surface area contributed by atoms with Crippen LogP contribution in [-0.4, -0.2) is 83.5 Å². The number of likely N-dealkylation sites (N-methyl/N-ethyl adjacent to an activating group) is 1. The van der Waals surface area contributed by atoms with Crippen LogP contribution in [0, 0.1) is 0 Å². The van der Waals surface area contributed by atoms with Gasteiger partial charge in [0.1, 0.15) is 17.7 Å². The molecule has 42 heavy (non-hydrogen) atoms. The fourth-order valence-electron chi connectivity index (χ4n) is 4.75. The summed E-state index contributed by atoms with van der Waals surface area (Å²) < 4.78 is 29.7. The van der Waals surface area contributed by atoms with Crippen molar-refractivity contribution in [2.75, 3.05) is 57.3 Å². The number of carbonyl (C=O) groups excluding carboxylic acids is 1. The molecule has 1 N–H and O–H groups in total. The summed E-state index contributed by atoms with van der Waals surface area (Å²) in [5, 5.41) is 5.12. The molecule has 0 atom stereocenters. The Morgan fingerprint density at radius 3 is 2.76 bits per heavy atom. The second-order valence-corrected chi connectivity index (χ2v) is 12.1. The molecule has 0 saturated heterocycles. The molecule has 0 aliphatic carbocycles. The predicted molar refractivity (Wildman–Crippen MR) is 164 cm³/mol. The fraction of sp³-hybridized carbons (Fsp3) is 0.500. The standard InChI is InChI=1S/C30H38BrN5O6/c1-30(2,3)42-29(37)36-10-6-14-39-24-15-21-22(16-25(24)38-13-5-9-31)32-18-33-28(21)34-26-20(17-35(4)11-12-36)7-8-23-27(26)41-19-40-23/h7-8,15-16,18H,5-6,9-14,17,19H2,1-4H3,(H,32,33,34). The highest BCUT2D eigenvalue weighted by atomic mass is 79.9. The van der Waals surface area contributed by atoms with Crippen molar-refractivity contribution in [3.8, 4) is 23.0 Å². The Balaban J connectivity index is 1.54. The maximum absolute atomic E-state index is 13.1. The van der Waals surface area contributed by atoms with E-state index < -0.39 is 5.60 Å². The van der Waals surface area contributed by atoms with Gasteiger partial charge in [-0.05, 0) is 58.4 Å². The topological polar surface area (TPSA) is 108 Å². The smallest absolute Gasteiger partial charge is 0.410 e. The van der Waals surface area contributed by atoms with Crippen molar-refractivity contribution < 1.29 is 28.5 Å². The van der Waals surface area contributed by atoms with E-state index in [0.29, 0.717) is 80.1 Å². The molecule has 0 saturated carbocycles. The Kier molecular flexibility index (Phi) is 9.42. The summed E-state index contributed by atoms with van der Waals surface area (Å²) in [4.78, 5) is 26.1. The molecule has 2 aliphatic heterocycles. The van der Waals surface area contributed by atoms with Crippen molar-refractivity contribution in [3.05, 3.63) is 36.2 Å². The number of anilines is 2. The third-order valence-corrected chi connectivity index (χ3v) is 7.34. The summed E-state index contributed by atoms with van der Waals surface area (Å²) in [6, 6.07) is 7.73. The fourth-order valence-corrected chi connectivity index (χ4v) is 4.97. The van der Waals surface area contributed by atoms with Crippen molar-refractivity contribution in [1.82, 2.24) is 19.8 Å². The molecular weight excluding hydrogens is 606 g/mol. The van der Waals surface area contributed by atoms with Crippen LogP contribution < -0.4 is 24.3 Å². The lowest BCUT2D eigenvalue weighted by atomic mass is 10.1. The quantitative estimate of drug-likeness (QED) is 0.280. The highest BCUT2D eigenvalue weighted by Crippen LogP contribution is 2.44. The van der Waals surface area contributed by atoms with Crippen LogP contribution in [0.4, 0.5) is 16.3 Å². The lowest BCUT2D eigenvalue weighted by molar-refractivity contribution is 0.0227. The van der Waals surface area contributed by atoms with Gasteiger partial charge in [0, 0.05) is 43.0 Å². The predicted octanol–water partition coefficient (Wildman–Crippen LogP) is 5.72. The van der Waals surface area contributed by atoms with E-state index >= 15 is 0 Å². The lowest BCUT2D eigenvalue weighted by Gasteiger charge is -2.29.